The minimum Gasteiger partial charge on any atom is -0.394 e. The third-order valence-corrected chi connectivity index (χ3v) is 4.18. The molecule has 0 amide bonds. The molecule has 1 fully saturated rings. The first-order valence-electron chi connectivity index (χ1n) is 6.89. The van der Waals surface area contributed by atoms with Crippen molar-refractivity contribution in [2.24, 2.45) is 0 Å². The van der Waals surface area contributed by atoms with Gasteiger partial charge in [-0.25, -0.2) is 0 Å². The van der Waals surface area contributed by atoms with E-state index in [1.807, 2.05) is 20.9 Å². The molecule has 0 spiro atoms. The van der Waals surface area contributed by atoms with Crippen LogP contribution >= 0.6 is 0 Å². The average molecular weight is 251 g/mol. The first kappa shape index (κ1) is 13.6. The summed E-state index contributed by atoms with van der Waals surface area (Å²) in [6.07, 6.45) is 7.29. The molecule has 0 bridgehead atoms. The Kier molecular flexibility index (Phi) is 4.07. The molecule has 4 heteroatoms. The molecule has 1 N–H and O–H groups in total. The van der Waals surface area contributed by atoms with Crippen LogP contribution in [0, 0.1) is 0 Å². The Morgan fingerprint density at radius 3 is 2.72 bits per heavy atom. The summed E-state index contributed by atoms with van der Waals surface area (Å²) in [5.41, 5.74) is 0.892. The number of aromatic nitrogens is 2. The largest absolute Gasteiger partial charge is 0.394 e. The summed E-state index contributed by atoms with van der Waals surface area (Å²) in [6, 6.07) is 2.71. The highest BCUT2D eigenvalue weighted by Crippen LogP contribution is 2.28. The van der Waals surface area contributed by atoms with Gasteiger partial charge >= 0.3 is 0 Å². The van der Waals surface area contributed by atoms with Gasteiger partial charge in [-0.15, -0.1) is 0 Å². The maximum absolute atomic E-state index is 9.35. The molecule has 0 unspecified atom stereocenters. The number of hydrogen-bond acceptors (Lipinski definition) is 3. The maximum atomic E-state index is 9.35. The molecule has 1 aliphatic carbocycles. The molecule has 2 rings (SSSR count). The van der Waals surface area contributed by atoms with Crippen molar-refractivity contribution in [2.75, 3.05) is 13.7 Å². The first-order chi connectivity index (χ1) is 8.53. The molecule has 1 saturated carbocycles. The van der Waals surface area contributed by atoms with Gasteiger partial charge < -0.3 is 5.11 Å². The zero-order valence-electron chi connectivity index (χ0n) is 11.8. The van der Waals surface area contributed by atoms with Gasteiger partial charge in [-0.1, -0.05) is 12.8 Å². The molecule has 0 radical (unpaired) electrons. The third-order valence-electron chi connectivity index (χ3n) is 4.18. The van der Waals surface area contributed by atoms with Crippen LogP contribution in [-0.4, -0.2) is 39.0 Å². The van der Waals surface area contributed by atoms with Gasteiger partial charge in [-0.05, 0) is 39.8 Å². The Bertz CT molecular complexity index is 380. The summed E-state index contributed by atoms with van der Waals surface area (Å²) in [4.78, 5) is 2.15. The van der Waals surface area contributed by atoms with E-state index in [0.29, 0.717) is 6.04 Å². The molecule has 1 aromatic heterocycles. The molecule has 0 saturated heterocycles. The van der Waals surface area contributed by atoms with Crippen LogP contribution in [0.4, 0.5) is 0 Å². The highest BCUT2D eigenvalue weighted by atomic mass is 16.3. The van der Waals surface area contributed by atoms with Gasteiger partial charge in [0.1, 0.15) is 0 Å². The van der Waals surface area contributed by atoms with Crippen LogP contribution in [-0.2, 0) is 6.54 Å². The van der Waals surface area contributed by atoms with Gasteiger partial charge in [0.05, 0.1) is 18.3 Å². The second-order valence-corrected chi connectivity index (χ2v) is 6.05. The predicted octanol–water partition coefficient (Wildman–Crippen LogP) is 2.20. The van der Waals surface area contributed by atoms with Crippen molar-refractivity contribution in [3.05, 3.63) is 18.0 Å². The van der Waals surface area contributed by atoms with Crippen molar-refractivity contribution < 1.29 is 5.11 Å². The van der Waals surface area contributed by atoms with E-state index in [1.165, 1.54) is 25.7 Å². The van der Waals surface area contributed by atoms with Crippen LogP contribution < -0.4 is 0 Å². The van der Waals surface area contributed by atoms with Crippen LogP contribution in [0.25, 0.3) is 0 Å². The summed E-state index contributed by atoms with van der Waals surface area (Å²) in [6.45, 7) is 5.03. The fourth-order valence-corrected chi connectivity index (χ4v) is 2.41. The fraction of sp³-hybridized carbons (Fsp3) is 0.786. The SMILES string of the molecule is CN(Cc1ccn(C2CCCC2)n1)C(C)(C)CO. The lowest BCUT2D eigenvalue weighted by molar-refractivity contribution is 0.0722. The highest BCUT2D eigenvalue weighted by molar-refractivity contribution is 5.01. The monoisotopic (exact) mass is 251 g/mol. The van der Waals surface area contributed by atoms with Crippen molar-refractivity contribution in [2.45, 2.75) is 57.7 Å². The second-order valence-electron chi connectivity index (χ2n) is 6.05. The smallest absolute Gasteiger partial charge is 0.0764 e. The number of likely N-dealkylation sites (N-methyl/N-ethyl adjacent to an activating group) is 1. The van der Waals surface area contributed by atoms with Gasteiger partial charge in [0.25, 0.3) is 0 Å². The number of rotatable bonds is 5. The molecule has 0 aromatic carbocycles. The molecule has 4 nitrogen and oxygen atoms in total. The molecule has 0 aliphatic heterocycles. The van der Waals surface area contributed by atoms with Crippen molar-refractivity contribution in [1.82, 2.24) is 14.7 Å². The summed E-state index contributed by atoms with van der Waals surface area (Å²) < 4.78 is 2.13. The summed E-state index contributed by atoms with van der Waals surface area (Å²) >= 11 is 0. The molecular weight excluding hydrogens is 226 g/mol. The molecule has 1 aromatic rings. The predicted molar refractivity (Wildman–Crippen MR) is 72.4 cm³/mol. The van der Waals surface area contributed by atoms with Crippen molar-refractivity contribution in [1.29, 1.82) is 0 Å². The van der Waals surface area contributed by atoms with Gasteiger partial charge in [0.2, 0.25) is 0 Å². The fourth-order valence-electron chi connectivity index (χ4n) is 2.41. The van der Waals surface area contributed by atoms with Gasteiger partial charge in [-0.3, -0.25) is 9.58 Å². The van der Waals surface area contributed by atoms with Crippen molar-refractivity contribution in [3.63, 3.8) is 0 Å². The zero-order chi connectivity index (χ0) is 13.2. The normalized spacial score (nSPS) is 17.8. The van der Waals surface area contributed by atoms with Gasteiger partial charge in [0, 0.05) is 18.3 Å². The minimum atomic E-state index is -0.197. The Balaban J connectivity index is 1.98. The molecule has 18 heavy (non-hydrogen) atoms. The Labute approximate surface area is 110 Å². The van der Waals surface area contributed by atoms with E-state index in [0.717, 1.165) is 12.2 Å². The molecule has 1 aliphatic rings. The van der Waals surface area contributed by atoms with E-state index in [4.69, 9.17) is 0 Å². The van der Waals surface area contributed by atoms with Crippen molar-refractivity contribution >= 4 is 0 Å². The van der Waals surface area contributed by atoms with E-state index in [2.05, 4.69) is 26.9 Å². The van der Waals surface area contributed by atoms with E-state index < -0.39 is 0 Å². The molecule has 1 heterocycles. The Morgan fingerprint density at radius 1 is 1.44 bits per heavy atom. The quantitative estimate of drug-likeness (QED) is 0.872. The number of aliphatic hydroxyl groups excluding tert-OH is 1. The minimum absolute atomic E-state index is 0.160. The third kappa shape index (κ3) is 2.93. The summed E-state index contributed by atoms with van der Waals surface area (Å²) in [5, 5.41) is 14.0. The summed E-state index contributed by atoms with van der Waals surface area (Å²) in [5.74, 6) is 0. The van der Waals surface area contributed by atoms with E-state index in [9.17, 15) is 5.11 Å². The topological polar surface area (TPSA) is 41.3 Å². The number of hydrogen-bond donors (Lipinski definition) is 1. The van der Waals surface area contributed by atoms with E-state index in [1.54, 1.807) is 0 Å². The average Bonchev–Trinajstić information content (AvgIpc) is 2.98. The molecule has 0 atom stereocenters. The molecular formula is C14H25N3O. The van der Waals surface area contributed by atoms with E-state index in [-0.39, 0.29) is 12.1 Å². The van der Waals surface area contributed by atoms with Crippen LogP contribution in [0.1, 0.15) is 51.3 Å². The maximum Gasteiger partial charge on any atom is 0.0764 e. The van der Waals surface area contributed by atoms with E-state index >= 15 is 0 Å². The number of nitrogens with zero attached hydrogens (tertiary/aromatic N) is 3. The Hall–Kier alpha value is -0.870. The lowest BCUT2D eigenvalue weighted by Gasteiger charge is -2.33. The Morgan fingerprint density at radius 2 is 2.11 bits per heavy atom. The van der Waals surface area contributed by atoms with Gasteiger partial charge in [0.15, 0.2) is 0 Å². The molecule has 102 valence electrons. The standard InChI is InChI=1S/C14H25N3O/c1-14(2,11-18)16(3)10-12-8-9-17(15-12)13-6-4-5-7-13/h8-9,13,18H,4-7,10-11H2,1-3H3. The first-order valence-corrected chi connectivity index (χ1v) is 6.89. The van der Waals surface area contributed by atoms with Crippen LogP contribution in [0.2, 0.25) is 0 Å². The van der Waals surface area contributed by atoms with Crippen LogP contribution in [0.3, 0.4) is 0 Å². The zero-order valence-corrected chi connectivity index (χ0v) is 11.8. The second kappa shape index (κ2) is 5.41. The summed E-state index contributed by atoms with van der Waals surface area (Å²) in [7, 11) is 2.03. The van der Waals surface area contributed by atoms with Crippen LogP contribution in [0.5, 0.6) is 0 Å². The van der Waals surface area contributed by atoms with Crippen LogP contribution in [0.15, 0.2) is 12.3 Å². The van der Waals surface area contributed by atoms with Gasteiger partial charge in [-0.2, -0.15) is 5.10 Å². The number of aliphatic hydroxyl groups is 1. The highest BCUT2D eigenvalue weighted by Gasteiger charge is 2.23. The lowest BCUT2D eigenvalue weighted by Crippen LogP contribution is -2.43. The van der Waals surface area contributed by atoms with Crippen molar-refractivity contribution in [3.8, 4) is 0 Å². The lowest BCUT2D eigenvalue weighted by atomic mass is 10.1.